The van der Waals surface area contributed by atoms with Crippen LogP contribution in [0.2, 0.25) is 0 Å². The second-order valence-corrected chi connectivity index (χ2v) is 9.63. The Morgan fingerprint density at radius 1 is 1.10 bits per heavy atom. The molecule has 0 saturated carbocycles. The first-order valence-corrected chi connectivity index (χ1v) is 11.0. The fourth-order valence-electron chi connectivity index (χ4n) is 3.24. The lowest BCUT2D eigenvalue weighted by Crippen LogP contribution is -2.48. The third kappa shape index (κ3) is 4.41. The van der Waals surface area contributed by atoms with Gasteiger partial charge in [-0.2, -0.15) is 4.31 Å². The fraction of sp³-hybridized carbons (Fsp3) is 0.381. The maximum absolute atomic E-state index is 14.0. The van der Waals surface area contributed by atoms with E-state index >= 15 is 0 Å². The second-order valence-electron chi connectivity index (χ2n) is 7.69. The van der Waals surface area contributed by atoms with Crippen molar-refractivity contribution in [2.75, 3.05) is 31.1 Å². The molecule has 162 valence electrons. The molecule has 1 heterocycles. The Hall–Kier alpha value is -2.65. The van der Waals surface area contributed by atoms with E-state index in [9.17, 15) is 22.7 Å². The molecule has 1 saturated heterocycles. The van der Waals surface area contributed by atoms with Crippen molar-refractivity contribution in [2.24, 2.45) is 0 Å². The van der Waals surface area contributed by atoms with Gasteiger partial charge in [-0.05, 0) is 56.7 Å². The normalized spacial score (nSPS) is 15.8. The number of anilines is 1. The van der Waals surface area contributed by atoms with E-state index < -0.39 is 21.6 Å². The minimum atomic E-state index is -3.74. The summed E-state index contributed by atoms with van der Waals surface area (Å²) in [7, 11) is -3.74. The molecule has 3 rings (SSSR count). The Morgan fingerprint density at radius 3 is 2.30 bits per heavy atom. The van der Waals surface area contributed by atoms with Crippen LogP contribution >= 0.6 is 0 Å². The highest BCUT2D eigenvalue weighted by molar-refractivity contribution is 7.89. The zero-order valence-electron chi connectivity index (χ0n) is 17.1. The van der Waals surface area contributed by atoms with Crippen molar-refractivity contribution in [1.82, 2.24) is 4.31 Å². The molecule has 9 heteroatoms. The van der Waals surface area contributed by atoms with Crippen LogP contribution < -0.4 is 9.64 Å². The number of hydrogen-bond acceptors (Lipinski definition) is 5. The number of hydrogen-bond donors (Lipinski definition) is 1. The smallest absolute Gasteiger partial charge is 0.347 e. The molecule has 30 heavy (non-hydrogen) atoms. The molecule has 1 N–H and O–H groups in total. The van der Waals surface area contributed by atoms with Crippen LogP contribution in [0.1, 0.15) is 19.4 Å². The van der Waals surface area contributed by atoms with Gasteiger partial charge in [0.05, 0.1) is 10.6 Å². The number of halogens is 1. The molecule has 2 aromatic carbocycles. The van der Waals surface area contributed by atoms with E-state index in [1.807, 2.05) is 4.90 Å². The lowest BCUT2D eigenvalue weighted by atomic mass is 10.1. The number of carboxylic acids is 1. The minimum Gasteiger partial charge on any atom is -0.478 e. The number of piperazine rings is 1. The summed E-state index contributed by atoms with van der Waals surface area (Å²) >= 11 is 0. The molecule has 0 radical (unpaired) electrons. The zero-order valence-corrected chi connectivity index (χ0v) is 17.9. The van der Waals surface area contributed by atoms with Gasteiger partial charge < -0.3 is 14.7 Å². The Kier molecular flexibility index (Phi) is 6.05. The molecule has 0 spiro atoms. The number of carboxylic acid groups (broad SMARTS) is 1. The molecule has 2 aromatic rings. The van der Waals surface area contributed by atoms with Gasteiger partial charge in [-0.1, -0.05) is 12.1 Å². The van der Waals surface area contributed by atoms with Crippen molar-refractivity contribution < 1.29 is 27.4 Å². The van der Waals surface area contributed by atoms with E-state index in [0.717, 1.165) is 0 Å². The van der Waals surface area contributed by atoms with E-state index in [0.29, 0.717) is 30.1 Å². The quantitative estimate of drug-likeness (QED) is 0.749. The number of para-hydroxylation sites is 1. The number of nitrogens with zero attached hydrogens (tertiary/aromatic N) is 2. The van der Waals surface area contributed by atoms with Crippen LogP contribution in [-0.2, 0) is 14.8 Å². The molecule has 7 nitrogen and oxygen atoms in total. The van der Waals surface area contributed by atoms with Gasteiger partial charge >= 0.3 is 5.97 Å². The summed E-state index contributed by atoms with van der Waals surface area (Å²) in [6.07, 6.45) is 0. The van der Waals surface area contributed by atoms with Crippen LogP contribution in [0.5, 0.6) is 5.75 Å². The van der Waals surface area contributed by atoms with Crippen LogP contribution in [0.4, 0.5) is 10.1 Å². The van der Waals surface area contributed by atoms with Gasteiger partial charge in [0, 0.05) is 26.2 Å². The Labute approximate surface area is 175 Å². The number of benzene rings is 2. The maximum Gasteiger partial charge on any atom is 0.347 e. The van der Waals surface area contributed by atoms with Gasteiger partial charge in [0.25, 0.3) is 0 Å². The molecular weight excluding hydrogens is 411 g/mol. The average Bonchev–Trinajstić information content (AvgIpc) is 2.69. The molecule has 0 amide bonds. The summed E-state index contributed by atoms with van der Waals surface area (Å²) in [4.78, 5) is 13.2. The molecule has 1 fully saturated rings. The highest BCUT2D eigenvalue weighted by atomic mass is 32.2. The summed E-state index contributed by atoms with van der Waals surface area (Å²) in [5.74, 6) is -1.14. The van der Waals surface area contributed by atoms with Crippen molar-refractivity contribution in [1.29, 1.82) is 0 Å². The summed E-state index contributed by atoms with van der Waals surface area (Å²) in [6.45, 7) is 5.76. The van der Waals surface area contributed by atoms with Gasteiger partial charge in [0.1, 0.15) is 11.6 Å². The predicted octanol–water partition coefficient (Wildman–Crippen LogP) is 2.89. The van der Waals surface area contributed by atoms with Gasteiger partial charge in [-0.3, -0.25) is 0 Å². The third-order valence-electron chi connectivity index (χ3n) is 5.10. The van der Waals surface area contributed by atoms with Gasteiger partial charge in [0.2, 0.25) is 10.0 Å². The number of aryl methyl sites for hydroxylation is 1. The monoisotopic (exact) mass is 436 g/mol. The number of carbonyl (C=O) groups is 1. The standard InChI is InChI=1S/C21H25FN2O5S/c1-15-14-16(8-9-19(15)29-21(2,3)20(25)26)30(27,28)24-12-10-23(11-13-24)18-7-5-4-6-17(18)22/h4-9,14H,10-13H2,1-3H3,(H,25,26). The van der Waals surface area contributed by atoms with E-state index in [2.05, 4.69) is 0 Å². The van der Waals surface area contributed by atoms with Crippen molar-refractivity contribution >= 4 is 21.7 Å². The van der Waals surface area contributed by atoms with Crippen LogP contribution in [-0.4, -0.2) is 55.6 Å². The fourth-order valence-corrected chi connectivity index (χ4v) is 4.75. The maximum atomic E-state index is 14.0. The molecule has 1 aliphatic heterocycles. The van der Waals surface area contributed by atoms with Gasteiger partial charge in [-0.15, -0.1) is 0 Å². The van der Waals surface area contributed by atoms with Crippen LogP contribution in [0, 0.1) is 12.7 Å². The molecule has 0 aliphatic carbocycles. The molecular formula is C21H25FN2O5S. The molecule has 0 atom stereocenters. The summed E-state index contributed by atoms with van der Waals surface area (Å²) in [5.41, 5.74) is -0.447. The highest BCUT2D eigenvalue weighted by Crippen LogP contribution is 2.28. The summed E-state index contributed by atoms with van der Waals surface area (Å²) in [6, 6.07) is 10.8. The number of aliphatic carboxylic acids is 1. The van der Waals surface area contributed by atoms with Gasteiger partial charge in [-0.25, -0.2) is 17.6 Å². The average molecular weight is 437 g/mol. The minimum absolute atomic E-state index is 0.111. The SMILES string of the molecule is Cc1cc(S(=O)(=O)N2CCN(c3ccccc3F)CC2)ccc1OC(C)(C)C(=O)O. The predicted molar refractivity (Wildman–Crippen MR) is 111 cm³/mol. The van der Waals surface area contributed by atoms with E-state index in [1.165, 1.54) is 42.4 Å². The highest BCUT2D eigenvalue weighted by Gasteiger charge is 2.32. The van der Waals surface area contributed by atoms with Crippen molar-refractivity contribution in [3.05, 3.63) is 53.8 Å². The lowest BCUT2D eigenvalue weighted by Gasteiger charge is -2.35. The molecule has 1 aliphatic rings. The first kappa shape index (κ1) is 22.0. The first-order valence-electron chi connectivity index (χ1n) is 9.55. The van der Waals surface area contributed by atoms with Crippen molar-refractivity contribution in [3.63, 3.8) is 0 Å². The second kappa shape index (κ2) is 8.23. The molecule has 0 unspecified atom stereocenters. The topological polar surface area (TPSA) is 87.2 Å². The van der Waals surface area contributed by atoms with Crippen molar-refractivity contribution in [3.8, 4) is 5.75 Å². The van der Waals surface area contributed by atoms with Crippen LogP contribution in [0.3, 0.4) is 0 Å². The van der Waals surface area contributed by atoms with Gasteiger partial charge in [0.15, 0.2) is 5.60 Å². The van der Waals surface area contributed by atoms with E-state index in [4.69, 9.17) is 4.74 Å². The molecule has 0 bridgehead atoms. The number of rotatable bonds is 6. The third-order valence-corrected chi connectivity index (χ3v) is 6.99. The summed E-state index contributed by atoms with van der Waals surface area (Å²) in [5, 5.41) is 9.21. The molecule has 0 aromatic heterocycles. The Balaban J connectivity index is 1.74. The van der Waals surface area contributed by atoms with E-state index in [-0.39, 0.29) is 23.8 Å². The Bertz CT molecular complexity index is 1050. The lowest BCUT2D eigenvalue weighted by molar-refractivity contribution is -0.152. The summed E-state index contributed by atoms with van der Waals surface area (Å²) < 4.78 is 47.0. The van der Waals surface area contributed by atoms with Crippen LogP contribution in [0.25, 0.3) is 0 Å². The largest absolute Gasteiger partial charge is 0.478 e. The van der Waals surface area contributed by atoms with Crippen LogP contribution in [0.15, 0.2) is 47.4 Å². The first-order chi connectivity index (χ1) is 14.0. The zero-order chi connectivity index (χ0) is 22.1. The Morgan fingerprint density at radius 2 is 1.73 bits per heavy atom. The van der Waals surface area contributed by atoms with E-state index in [1.54, 1.807) is 25.1 Å². The van der Waals surface area contributed by atoms with Crippen molar-refractivity contribution in [2.45, 2.75) is 31.3 Å². The number of ether oxygens (including phenoxy) is 1. The number of sulfonamides is 1.